The number of esters is 1. The van der Waals surface area contributed by atoms with Crippen molar-refractivity contribution in [2.45, 2.75) is 57.2 Å². The highest BCUT2D eigenvalue weighted by molar-refractivity contribution is 5.76. The van der Waals surface area contributed by atoms with E-state index in [1.54, 1.807) is 12.1 Å². The van der Waals surface area contributed by atoms with Crippen LogP contribution in [0.4, 0.5) is 0 Å². The molecule has 0 radical (unpaired) electrons. The predicted molar refractivity (Wildman–Crippen MR) is 80.6 cm³/mol. The first-order chi connectivity index (χ1) is 10.3. The van der Waals surface area contributed by atoms with Gasteiger partial charge in [0.05, 0.1) is 0 Å². The normalized spacial score (nSPS) is 30.2. The molecule has 4 atom stereocenters. The molecule has 3 nitrogen and oxygen atoms in total. The second kappa shape index (κ2) is 6.61. The van der Waals surface area contributed by atoms with Crippen LogP contribution in [0.1, 0.15) is 56.6 Å². The fourth-order valence-electron chi connectivity index (χ4n) is 4.01. The lowest BCUT2D eigenvalue weighted by atomic mass is 9.69. The lowest BCUT2D eigenvalue weighted by Crippen LogP contribution is -2.38. The number of hydrogen-bond acceptors (Lipinski definition) is 3. The van der Waals surface area contributed by atoms with Gasteiger partial charge in [-0.25, -0.2) is 4.79 Å². The Morgan fingerprint density at radius 2 is 1.76 bits per heavy atom. The Morgan fingerprint density at radius 1 is 1.05 bits per heavy atom. The minimum absolute atomic E-state index is 0.00918. The fourth-order valence-corrected chi connectivity index (χ4v) is 4.01. The average Bonchev–Trinajstić information content (AvgIpc) is 2.55. The summed E-state index contributed by atoms with van der Waals surface area (Å²) in [6.45, 7) is 0. The molecule has 1 aromatic carbocycles. The first-order valence-electron chi connectivity index (χ1n) is 8.19. The Balaban J connectivity index is 1.63. The summed E-state index contributed by atoms with van der Waals surface area (Å²) in [6.07, 6.45) is 7.23. The molecule has 2 aliphatic rings. The quantitative estimate of drug-likeness (QED) is 0.864. The Labute approximate surface area is 126 Å². The van der Waals surface area contributed by atoms with E-state index in [-0.39, 0.29) is 6.10 Å². The third-order valence-corrected chi connectivity index (χ3v) is 5.12. The molecule has 1 N–H and O–H groups in total. The fraction of sp³-hybridized carbons (Fsp3) is 0.611. The summed E-state index contributed by atoms with van der Waals surface area (Å²) in [5.41, 5.74) is 0.610. The number of carbonyl (C=O) groups excluding carboxylic acids is 1. The van der Waals surface area contributed by atoms with Crippen molar-refractivity contribution in [3.8, 4) is 0 Å². The number of hydrogen-bond donors (Lipinski definition) is 1. The van der Waals surface area contributed by atoms with Crippen molar-refractivity contribution in [2.75, 3.05) is 0 Å². The zero-order valence-corrected chi connectivity index (χ0v) is 12.4. The van der Waals surface area contributed by atoms with E-state index >= 15 is 0 Å². The summed E-state index contributed by atoms with van der Waals surface area (Å²) in [7, 11) is 0. The van der Waals surface area contributed by atoms with Gasteiger partial charge in [-0.1, -0.05) is 49.6 Å². The molecule has 1 unspecified atom stereocenters. The van der Waals surface area contributed by atoms with Gasteiger partial charge in [0.1, 0.15) is 6.10 Å². The second-order valence-corrected chi connectivity index (χ2v) is 6.43. The van der Waals surface area contributed by atoms with Crippen LogP contribution < -0.4 is 0 Å². The van der Waals surface area contributed by atoms with Crippen molar-refractivity contribution in [3.05, 3.63) is 35.9 Å². The SMILES string of the molecule is O=C(OC1CCC[C@H]2CCCC[C@@H]12)[C@H](O)c1ccccc1. The highest BCUT2D eigenvalue weighted by atomic mass is 16.6. The molecule has 2 fully saturated rings. The minimum Gasteiger partial charge on any atom is -0.460 e. The van der Waals surface area contributed by atoms with Crippen LogP contribution in [0.5, 0.6) is 0 Å². The van der Waals surface area contributed by atoms with E-state index in [0.717, 1.165) is 18.8 Å². The van der Waals surface area contributed by atoms with Gasteiger partial charge in [0.15, 0.2) is 6.10 Å². The minimum atomic E-state index is -1.16. The smallest absolute Gasteiger partial charge is 0.339 e. The molecular weight excluding hydrogens is 264 g/mol. The molecule has 114 valence electrons. The van der Waals surface area contributed by atoms with Gasteiger partial charge in [-0.05, 0) is 43.1 Å². The Hall–Kier alpha value is -1.35. The Kier molecular flexibility index (Phi) is 4.59. The van der Waals surface area contributed by atoms with Crippen molar-refractivity contribution in [1.29, 1.82) is 0 Å². The number of aliphatic hydroxyl groups excluding tert-OH is 1. The zero-order valence-electron chi connectivity index (χ0n) is 12.4. The van der Waals surface area contributed by atoms with Crippen molar-refractivity contribution in [3.63, 3.8) is 0 Å². The van der Waals surface area contributed by atoms with Crippen molar-refractivity contribution >= 4 is 5.97 Å². The van der Waals surface area contributed by atoms with Crippen LogP contribution in [0, 0.1) is 11.8 Å². The highest BCUT2D eigenvalue weighted by Crippen LogP contribution is 2.42. The number of ether oxygens (including phenoxy) is 1. The summed E-state index contributed by atoms with van der Waals surface area (Å²) >= 11 is 0. The molecule has 1 aromatic rings. The first kappa shape index (κ1) is 14.6. The summed E-state index contributed by atoms with van der Waals surface area (Å²) in [5, 5.41) is 10.1. The van der Waals surface area contributed by atoms with Crippen molar-refractivity contribution in [2.24, 2.45) is 11.8 Å². The van der Waals surface area contributed by atoms with Crippen molar-refractivity contribution in [1.82, 2.24) is 0 Å². The van der Waals surface area contributed by atoms with Gasteiger partial charge in [-0.2, -0.15) is 0 Å². The molecule has 0 aromatic heterocycles. The maximum absolute atomic E-state index is 12.2. The molecule has 3 rings (SSSR count). The molecule has 0 aliphatic heterocycles. The Bertz CT molecular complexity index is 469. The summed E-state index contributed by atoms with van der Waals surface area (Å²) < 4.78 is 5.69. The lowest BCUT2D eigenvalue weighted by Gasteiger charge is -2.40. The van der Waals surface area contributed by atoms with Crippen LogP contribution in [0.2, 0.25) is 0 Å². The number of benzene rings is 1. The summed E-state index contributed by atoms with van der Waals surface area (Å²) in [6, 6.07) is 9.04. The third-order valence-electron chi connectivity index (χ3n) is 5.12. The molecular formula is C18H24O3. The number of carbonyl (C=O) groups is 1. The lowest BCUT2D eigenvalue weighted by molar-refractivity contribution is -0.166. The molecule has 2 aliphatic carbocycles. The highest BCUT2D eigenvalue weighted by Gasteiger charge is 2.37. The van der Waals surface area contributed by atoms with Gasteiger partial charge in [-0.15, -0.1) is 0 Å². The molecule has 0 spiro atoms. The third kappa shape index (κ3) is 3.29. The van der Waals surface area contributed by atoms with E-state index in [4.69, 9.17) is 4.74 Å². The van der Waals surface area contributed by atoms with E-state index in [2.05, 4.69) is 0 Å². The number of rotatable bonds is 3. The van der Waals surface area contributed by atoms with Crippen LogP contribution in [0.15, 0.2) is 30.3 Å². The Morgan fingerprint density at radius 3 is 2.57 bits per heavy atom. The van der Waals surface area contributed by atoms with Gasteiger partial charge < -0.3 is 9.84 Å². The number of fused-ring (bicyclic) bond motifs is 1. The van der Waals surface area contributed by atoms with Gasteiger partial charge in [0.25, 0.3) is 0 Å². The van der Waals surface area contributed by atoms with E-state index in [0.29, 0.717) is 11.5 Å². The average molecular weight is 288 g/mol. The molecule has 0 amide bonds. The van der Waals surface area contributed by atoms with Crippen LogP contribution >= 0.6 is 0 Å². The molecule has 0 heterocycles. The summed E-state index contributed by atoms with van der Waals surface area (Å²) in [5.74, 6) is 0.746. The van der Waals surface area contributed by atoms with Crippen LogP contribution in [0.25, 0.3) is 0 Å². The van der Waals surface area contributed by atoms with E-state index < -0.39 is 12.1 Å². The molecule has 21 heavy (non-hydrogen) atoms. The van der Waals surface area contributed by atoms with Crippen LogP contribution in [-0.2, 0) is 9.53 Å². The topological polar surface area (TPSA) is 46.5 Å². The van der Waals surface area contributed by atoms with Gasteiger partial charge in [0.2, 0.25) is 0 Å². The monoisotopic (exact) mass is 288 g/mol. The predicted octanol–water partition coefficient (Wildman–Crippen LogP) is 3.62. The number of aliphatic hydroxyl groups is 1. The second-order valence-electron chi connectivity index (χ2n) is 6.43. The molecule has 3 heteroatoms. The molecule has 0 bridgehead atoms. The van der Waals surface area contributed by atoms with Crippen molar-refractivity contribution < 1.29 is 14.6 Å². The largest absolute Gasteiger partial charge is 0.460 e. The zero-order chi connectivity index (χ0) is 14.7. The van der Waals surface area contributed by atoms with E-state index in [9.17, 15) is 9.90 Å². The molecule has 0 saturated heterocycles. The van der Waals surface area contributed by atoms with Crippen LogP contribution in [-0.4, -0.2) is 17.2 Å². The molecule has 2 saturated carbocycles. The maximum Gasteiger partial charge on any atom is 0.339 e. The van der Waals surface area contributed by atoms with Gasteiger partial charge in [-0.3, -0.25) is 0 Å². The van der Waals surface area contributed by atoms with E-state index in [1.165, 1.54) is 32.1 Å². The van der Waals surface area contributed by atoms with Crippen LogP contribution in [0.3, 0.4) is 0 Å². The van der Waals surface area contributed by atoms with Gasteiger partial charge in [0, 0.05) is 0 Å². The maximum atomic E-state index is 12.2. The summed E-state index contributed by atoms with van der Waals surface area (Å²) in [4.78, 5) is 12.2. The van der Waals surface area contributed by atoms with E-state index in [1.807, 2.05) is 18.2 Å². The standard InChI is InChI=1S/C18H24O3/c19-17(14-8-2-1-3-9-14)18(20)21-16-12-6-10-13-7-4-5-11-15(13)16/h1-3,8-9,13,15-17,19H,4-7,10-12H2/t13-,15-,16?,17-/m1/s1. The first-order valence-corrected chi connectivity index (χ1v) is 8.19. The van der Waals surface area contributed by atoms with Gasteiger partial charge >= 0.3 is 5.97 Å².